The molecule has 0 radical (unpaired) electrons. The predicted octanol–water partition coefficient (Wildman–Crippen LogP) is 2.42. The van der Waals surface area contributed by atoms with E-state index in [2.05, 4.69) is 10.4 Å². The highest BCUT2D eigenvalue weighted by Gasteiger charge is 2.05. The van der Waals surface area contributed by atoms with Gasteiger partial charge in [-0.3, -0.25) is 9.48 Å². The molecule has 0 saturated carbocycles. The lowest BCUT2D eigenvalue weighted by molar-refractivity contribution is -0.115. The van der Waals surface area contributed by atoms with E-state index in [4.69, 9.17) is 0 Å². The first-order chi connectivity index (χ1) is 8.69. The first kappa shape index (κ1) is 12.3. The molecule has 94 valence electrons. The predicted molar refractivity (Wildman–Crippen MR) is 66.6 cm³/mol. The first-order valence-electron chi connectivity index (χ1n) is 5.75. The van der Waals surface area contributed by atoms with Crippen LogP contribution in [0.25, 0.3) is 0 Å². The Hall–Kier alpha value is -2.17. The number of carbonyl (C=O) groups is 1. The molecular formula is C13H14FN3O. The van der Waals surface area contributed by atoms with Gasteiger partial charge in [-0.15, -0.1) is 0 Å². The number of nitrogens with one attached hydrogen (secondary N) is 1. The lowest BCUT2D eigenvalue weighted by Crippen LogP contribution is -2.10. The molecule has 0 atom stereocenters. The zero-order valence-electron chi connectivity index (χ0n) is 10.1. The van der Waals surface area contributed by atoms with E-state index in [0.29, 0.717) is 24.3 Å². The van der Waals surface area contributed by atoms with Gasteiger partial charge in [0, 0.05) is 24.2 Å². The van der Waals surface area contributed by atoms with Crippen LogP contribution >= 0.6 is 0 Å². The van der Waals surface area contributed by atoms with Gasteiger partial charge in [0.25, 0.3) is 0 Å². The Kier molecular flexibility index (Phi) is 3.72. The number of benzene rings is 1. The molecule has 1 aromatic carbocycles. The van der Waals surface area contributed by atoms with Gasteiger partial charge in [0.15, 0.2) is 5.82 Å². The average molecular weight is 247 g/mol. The molecular weight excluding hydrogens is 233 g/mol. The van der Waals surface area contributed by atoms with Crippen LogP contribution in [0.2, 0.25) is 0 Å². The third-order valence-electron chi connectivity index (χ3n) is 2.52. The van der Waals surface area contributed by atoms with Gasteiger partial charge in [-0.25, -0.2) is 4.39 Å². The van der Waals surface area contributed by atoms with Crippen molar-refractivity contribution in [1.82, 2.24) is 9.78 Å². The number of carbonyl (C=O) groups excluding carboxylic acids is 1. The minimum atomic E-state index is -0.257. The summed E-state index contributed by atoms with van der Waals surface area (Å²) in [4.78, 5) is 11.2. The molecule has 0 bridgehead atoms. The summed E-state index contributed by atoms with van der Waals surface area (Å²) in [6.07, 6.45) is 2.11. The standard InChI is InChI=1S/C13H14FN3O/c1-2-13(18)15-12-7-8-17(16-12)9-10-5-3-4-6-11(10)14/h3-8H,2,9H2,1H3,(H,15,16,18). The summed E-state index contributed by atoms with van der Waals surface area (Å²) in [6, 6.07) is 8.24. The van der Waals surface area contributed by atoms with Gasteiger partial charge in [0.1, 0.15) is 5.82 Å². The molecule has 0 aliphatic carbocycles. The van der Waals surface area contributed by atoms with E-state index in [1.807, 2.05) is 0 Å². The van der Waals surface area contributed by atoms with E-state index in [9.17, 15) is 9.18 Å². The fourth-order valence-corrected chi connectivity index (χ4v) is 1.55. The summed E-state index contributed by atoms with van der Waals surface area (Å²) < 4.78 is 15.0. The number of halogens is 1. The highest BCUT2D eigenvalue weighted by molar-refractivity contribution is 5.89. The summed E-state index contributed by atoms with van der Waals surface area (Å²) in [7, 11) is 0. The zero-order chi connectivity index (χ0) is 13.0. The Morgan fingerprint density at radius 1 is 1.39 bits per heavy atom. The fraction of sp³-hybridized carbons (Fsp3) is 0.231. The van der Waals surface area contributed by atoms with Crippen LogP contribution in [0.5, 0.6) is 0 Å². The molecule has 1 amide bonds. The van der Waals surface area contributed by atoms with E-state index >= 15 is 0 Å². The Morgan fingerprint density at radius 2 is 2.17 bits per heavy atom. The average Bonchev–Trinajstić information content (AvgIpc) is 2.79. The Bertz CT molecular complexity index is 551. The molecule has 0 saturated heterocycles. The van der Waals surface area contributed by atoms with Crippen LogP contribution in [0.3, 0.4) is 0 Å². The minimum Gasteiger partial charge on any atom is -0.309 e. The highest BCUT2D eigenvalue weighted by atomic mass is 19.1. The summed E-state index contributed by atoms with van der Waals surface area (Å²) in [5.41, 5.74) is 0.564. The van der Waals surface area contributed by atoms with Gasteiger partial charge >= 0.3 is 0 Å². The third-order valence-corrected chi connectivity index (χ3v) is 2.52. The van der Waals surface area contributed by atoms with Gasteiger partial charge in [0.05, 0.1) is 6.54 Å². The number of rotatable bonds is 4. The first-order valence-corrected chi connectivity index (χ1v) is 5.75. The van der Waals surface area contributed by atoms with Crippen LogP contribution in [0.15, 0.2) is 36.5 Å². The maximum absolute atomic E-state index is 13.4. The van der Waals surface area contributed by atoms with E-state index in [1.165, 1.54) is 6.07 Å². The van der Waals surface area contributed by atoms with Gasteiger partial charge in [-0.1, -0.05) is 25.1 Å². The van der Waals surface area contributed by atoms with Crippen LogP contribution in [0, 0.1) is 5.82 Å². The normalized spacial score (nSPS) is 10.3. The monoisotopic (exact) mass is 247 g/mol. The molecule has 1 aromatic heterocycles. The van der Waals surface area contributed by atoms with Crippen LogP contribution in [-0.2, 0) is 11.3 Å². The van der Waals surface area contributed by atoms with Crippen LogP contribution < -0.4 is 5.32 Å². The second kappa shape index (κ2) is 5.44. The van der Waals surface area contributed by atoms with Crippen molar-refractivity contribution in [1.29, 1.82) is 0 Å². The summed E-state index contributed by atoms with van der Waals surface area (Å²) in [5, 5.41) is 6.80. The van der Waals surface area contributed by atoms with Crippen molar-refractivity contribution >= 4 is 11.7 Å². The SMILES string of the molecule is CCC(=O)Nc1ccn(Cc2ccccc2F)n1. The van der Waals surface area contributed by atoms with E-state index in [0.717, 1.165) is 0 Å². The van der Waals surface area contributed by atoms with Gasteiger partial charge in [-0.05, 0) is 6.07 Å². The minimum absolute atomic E-state index is 0.0915. The highest BCUT2D eigenvalue weighted by Crippen LogP contribution is 2.10. The van der Waals surface area contributed by atoms with Crippen LogP contribution in [-0.4, -0.2) is 15.7 Å². The summed E-state index contributed by atoms with van der Waals surface area (Å²) in [6.45, 7) is 2.11. The van der Waals surface area contributed by atoms with E-state index in [-0.39, 0.29) is 11.7 Å². The molecule has 0 aliphatic heterocycles. The van der Waals surface area contributed by atoms with Crippen molar-refractivity contribution in [2.24, 2.45) is 0 Å². The molecule has 4 nitrogen and oxygen atoms in total. The van der Waals surface area contributed by atoms with Gasteiger partial charge in [0.2, 0.25) is 5.91 Å². The quantitative estimate of drug-likeness (QED) is 0.901. The number of amides is 1. The topological polar surface area (TPSA) is 46.9 Å². The van der Waals surface area contributed by atoms with E-state index in [1.54, 1.807) is 42.1 Å². The maximum Gasteiger partial charge on any atom is 0.225 e. The number of aromatic nitrogens is 2. The van der Waals surface area contributed by atoms with Crippen LogP contribution in [0.4, 0.5) is 10.2 Å². The lowest BCUT2D eigenvalue weighted by Gasteiger charge is -2.03. The van der Waals surface area contributed by atoms with Gasteiger partial charge < -0.3 is 5.32 Å². The Balaban J connectivity index is 2.07. The fourth-order valence-electron chi connectivity index (χ4n) is 1.55. The van der Waals surface area contributed by atoms with Crippen LogP contribution in [0.1, 0.15) is 18.9 Å². The Morgan fingerprint density at radius 3 is 2.89 bits per heavy atom. The molecule has 0 unspecified atom stereocenters. The maximum atomic E-state index is 13.4. The summed E-state index contributed by atoms with van der Waals surface area (Å²) >= 11 is 0. The van der Waals surface area contributed by atoms with Crippen molar-refractivity contribution in [3.63, 3.8) is 0 Å². The lowest BCUT2D eigenvalue weighted by atomic mass is 10.2. The van der Waals surface area contributed by atoms with Crippen molar-refractivity contribution in [2.75, 3.05) is 5.32 Å². The molecule has 1 heterocycles. The zero-order valence-corrected chi connectivity index (χ0v) is 10.1. The number of nitrogens with zero attached hydrogens (tertiary/aromatic N) is 2. The third kappa shape index (κ3) is 2.94. The number of anilines is 1. The molecule has 18 heavy (non-hydrogen) atoms. The molecule has 2 rings (SSSR count). The van der Waals surface area contributed by atoms with Crippen molar-refractivity contribution in [3.8, 4) is 0 Å². The Labute approximate surface area is 104 Å². The second-order valence-electron chi connectivity index (χ2n) is 3.89. The van der Waals surface area contributed by atoms with Crippen molar-refractivity contribution < 1.29 is 9.18 Å². The molecule has 0 aliphatic rings. The second-order valence-corrected chi connectivity index (χ2v) is 3.89. The largest absolute Gasteiger partial charge is 0.309 e. The van der Waals surface area contributed by atoms with Crippen molar-refractivity contribution in [2.45, 2.75) is 19.9 Å². The molecule has 5 heteroatoms. The summed E-state index contributed by atoms with van der Waals surface area (Å²) in [5.74, 6) is 0.136. The molecule has 1 N–H and O–H groups in total. The molecule has 0 fully saturated rings. The van der Waals surface area contributed by atoms with Gasteiger partial charge in [-0.2, -0.15) is 5.10 Å². The number of hydrogen-bond acceptors (Lipinski definition) is 2. The molecule has 0 spiro atoms. The van der Waals surface area contributed by atoms with E-state index < -0.39 is 0 Å². The molecule has 2 aromatic rings. The smallest absolute Gasteiger partial charge is 0.225 e. The number of hydrogen-bond donors (Lipinski definition) is 1. The van der Waals surface area contributed by atoms with Crippen molar-refractivity contribution in [3.05, 3.63) is 47.9 Å².